The predicted molar refractivity (Wildman–Crippen MR) is 75.3 cm³/mol. The number of likely N-dealkylation sites (tertiary alicyclic amines) is 1. The third kappa shape index (κ3) is 4.13. The quantitative estimate of drug-likeness (QED) is 0.863. The third-order valence-electron chi connectivity index (χ3n) is 3.47. The molecule has 0 amide bonds. The average Bonchev–Trinajstić information content (AvgIpc) is 2.46. The second-order valence-electron chi connectivity index (χ2n) is 4.98. The Labute approximate surface area is 119 Å². The van der Waals surface area contributed by atoms with Crippen LogP contribution in [0.5, 0.6) is 11.5 Å². The van der Waals surface area contributed by atoms with Crippen molar-refractivity contribution in [3.8, 4) is 11.5 Å². The number of benzene rings is 1. The number of hydrogen-bond donors (Lipinski definition) is 1. The van der Waals surface area contributed by atoms with Crippen LogP contribution in [0.25, 0.3) is 0 Å². The van der Waals surface area contributed by atoms with Gasteiger partial charge in [0.15, 0.2) is 11.5 Å². The maximum absolute atomic E-state index is 10.6. The molecule has 110 valence electrons. The van der Waals surface area contributed by atoms with Gasteiger partial charge in [-0.15, -0.1) is 0 Å². The Morgan fingerprint density at radius 3 is 2.85 bits per heavy atom. The number of piperidine rings is 1. The van der Waals surface area contributed by atoms with Gasteiger partial charge in [-0.05, 0) is 31.5 Å². The molecule has 5 heteroatoms. The van der Waals surface area contributed by atoms with E-state index < -0.39 is 5.97 Å². The number of aliphatic carboxylic acids is 1. The molecule has 0 spiro atoms. The first-order valence-corrected chi connectivity index (χ1v) is 6.93. The van der Waals surface area contributed by atoms with Crippen molar-refractivity contribution in [2.24, 2.45) is 0 Å². The Balaban J connectivity index is 1.90. The van der Waals surface area contributed by atoms with Gasteiger partial charge in [0.25, 0.3) is 0 Å². The van der Waals surface area contributed by atoms with Crippen LogP contribution in [0.3, 0.4) is 0 Å². The summed E-state index contributed by atoms with van der Waals surface area (Å²) in [5.41, 5.74) is 0. The van der Waals surface area contributed by atoms with Crippen molar-refractivity contribution in [2.45, 2.75) is 25.4 Å². The summed E-state index contributed by atoms with van der Waals surface area (Å²) in [7, 11) is 1.63. The smallest absolute Gasteiger partial charge is 0.304 e. The van der Waals surface area contributed by atoms with Crippen molar-refractivity contribution >= 4 is 5.97 Å². The van der Waals surface area contributed by atoms with E-state index in [9.17, 15) is 4.79 Å². The Kier molecular flexibility index (Phi) is 5.24. The molecule has 1 aromatic carbocycles. The lowest BCUT2D eigenvalue weighted by atomic mass is 10.1. The number of methoxy groups -OCH3 is 1. The average molecular weight is 279 g/mol. The molecule has 20 heavy (non-hydrogen) atoms. The van der Waals surface area contributed by atoms with Gasteiger partial charge in [0.05, 0.1) is 13.5 Å². The van der Waals surface area contributed by atoms with Gasteiger partial charge < -0.3 is 14.6 Å². The van der Waals surface area contributed by atoms with Crippen molar-refractivity contribution in [3.63, 3.8) is 0 Å². The third-order valence-corrected chi connectivity index (χ3v) is 3.47. The lowest BCUT2D eigenvalue weighted by molar-refractivity contribution is -0.137. The van der Waals surface area contributed by atoms with Crippen molar-refractivity contribution in [3.05, 3.63) is 24.3 Å². The van der Waals surface area contributed by atoms with E-state index in [1.807, 2.05) is 24.3 Å². The maximum atomic E-state index is 10.6. The number of hydrogen-bond acceptors (Lipinski definition) is 4. The molecule has 1 unspecified atom stereocenters. The highest BCUT2D eigenvalue weighted by molar-refractivity contribution is 5.66. The van der Waals surface area contributed by atoms with Crippen LogP contribution in [0.15, 0.2) is 24.3 Å². The van der Waals surface area contributed by atoms with Crippen LogP contribution < -0.4 is 9.47 Å². The van der Waals surface area contributed by atoms with E-state index in [0.29, 0.717) is 6.54 Å². The molecule has 0 radical (unpaired) electrons. The van der Waals surface area contributed by atoms with Crippen molar-refractivity contribution < 1.29 is 19.4 Å². The van der Waals surface area contributed by atoms with Crippen molar-refractivity contribution in [1.29, 1.82) is 0 Å². The van der Waals surface area contributed by atoms with Crippen LogP contribution in [0.2, 0.25) is 0 Å². The van der Waals surface area contributed by atoms with E-state index in [1.165, 1.54) is 0 Å². The Morgan fingerprint density at radius 2 is 2.15 bits per heavy atom. The molecular weight excluding hydrogens is 258 g/mol. The Bertz CT molecular complexity index is 449. The first-order chi connectivity index (χ1) is 9.69. The van der Waals surface area contributed by atoms with Crippen molar-refractivity contribution in [1.82, 2.24) is 4.90 Å². The highest BCUT2D eigenvalue weighted by atomic mass is 16.5. The minimum Gasteiger partial charge on any atom is -0.493 e. The number of nitrogens with zero attached hydrogens (tertiary/aromatic N) is 1. The molecule has 1 saturated heterocycles. The molecule has 0 aromatic heterocycles. The Morgan fingerprint density at radius 1 is 1.40 bits per heavy atom. The SMILES string of the molecule is COc1ccccc1OC1CCCN(CCC(=O)O)C1. The summed E-state index contributed by atoms with van der Waals surface area (Å²) in [6.07, 6.45) is 2.29. The maximum Gasteiger partial charge on any atom is 0.304 e. The molecule has 1 atom stereocenters. The normalized spacial score (nSPS) is 19.6. The number of carboxylic acid groups (broad SMARTS) is 1. The van der Waals surface area contributed by atoms with E-state index in [1.54, 1.807) is 7.11 Å². The molecule has 1 heterocycles. The zero-order valence-corrected chi connectivity index (χ0v) is 11.7. The van der Waals surface area contributed by atoms with Gasteiger partial charge in [0.2, 0.25) is 0 Å². The lowest BCUT2D eigenvalue weighted by Crippen LogP contribution is -2.42. The van der Waals surface area contributed by atoms with Gasteiger partial charge in [-0.25, -0.2) is 0 Å². The van der Waals surface area contributed by atoms with E-state index in [-0.39, 0.29) is 12.5 Å². The molecule has 1 aliphatic rings. The minimum atomic E-state index is -0.752. The number of carboxylic acids is 1. The molecule has 0 aliphatic carbocycles. The summed E-state index contributed by atoms with van der Waals surface area (Å²) in [5.74, 6) is 0.730. The number of carbonyl (C=O) groups is 1. The van der Waals surface area contributed by atoms with Crippen LogP contribution in [0.4, 0.5) is 0 Å². The van der Waals surface area contributed by atoms with Gasteiger partial charge in [-0.1, -0.05) is 12.1 Å². The minimum absolute atomic E-state index is 0.0915. The lowest BCUT2D eigenvalue weighted by Gasteiger charge is -2.32. The highest BCUT2D eigenvalue weighted by Gasteiger charge is 2.22. The second kappa shape index (κ2) is 7.14. The van der Waals surface area contributed by atoms with Crippen LogP contribution in [-0.2, 0) is 4.79 Å². The van der Waals surface area contributed by atoms with Crippen LogP contribution in [0.1, 0.15) is 19.3 Å². The predicted octanol–water partition coefficient (Wildman–Crippen LogP) is 2.01. The molecule has 1 aliphatic heterocycles. The van der Waals surface area contributed by atoms with Gasteiger partial charge in [0, 0.05) is 13.1 Å². The van der Waals surface area contributed by atoms with Gasteiger partial charge in [0.1, 0.15) is 6.10 Å². The number of rotatable bonds is 6. The van der Waals surface area contributed by atoms with Crippen LogP contribution >= 0.6 is 0 Å². The zero-order valence-electron chi connectivity index (χ0n) is 11.7. The standard InChI is InChI=1S/C15H21NO4/c1-19-13-6-2-3-7-14(13)20-12-5-4-9-16(11-12)10-8-15(17)18/h2-3,6-7,12H,4-5,8-11H2,1H3,(H,17,18). The zero-order chi connectivity index (χ0) is 14.4. The second-order valence-corrected chi connectivity index (χ2v) is 4.98. The number of para-hydroxylation sites is 2. The number of ether oxygens (including phenoxy) is 2. The Hall–Kier alpha value is -1.75. The van der Waals surface area contributed by atoms with E-state index >= 15 is 0 Å². The van der Waals surface area contributed by atoms with E-state index in [2.05, 4.69) is 4.90 Å². The van der Waals surface area contributed by atoms with Gasteiger partial charge in [-0.2, -0.15) is 0 Å². The molecule has 2 rings (SSSR count). The molecule has 1 N–H and O–H groups in total. The summed E-state index contributed by atoms with van der Waals surface area (Å²) in [5, 5.41) is 8.74. The van der Waals surface area contributed by atoms with E-state index in [0.717, 1.165) is 37.4 Å². The molecule has 1 fully saturated rings. The summed E-state index contributed by atoms with van der Waals surface area (Å²) in [6, 6.07) is 7.60. The molecular formula is C15H21NO4. The summed E-state index contributed by atoms with van der Waals surface area (Å²) in [4.78, 5) is 12.8. The fraction of sp³-hybridized carbons (Fsp3) is 0.533. The first-order valence-electron chi connectivity index (χ1n) is 6.93. The van der Waals surface area contributed by atoms with E-state index in [4.69, 9.17) is 14.6 Å². The topological polar surface area (TPSA) is 59.0 Å². The first kappa shape index (κ1) is 14.7. The monoisotopic (exact) mass is 279 g/mol. The van der Waals surface area contributed by atoms with Crippen LogP contribution in [0, 0.1) is 0 Å². The summed E-state index contributed by atoms with van der Waals surface area (Å²) >= 11 is 0. The van der Waals surface area contributed by atoms with Gasteiger partial charge >= 0.3 is 5.97 Å². The summed E-state index contributed by atoms with van der Waals surface area (Å²) in [6.45, 7) is 2.30. The molecule has 0 saturated carbocycles. The van der Waals surface area contributed by atoms with Gasteiger partial charge in [-0.3, -0.25) is 9.69 Å². The fourth-order valence-corrected chi connectivity index (χ4v) is 2.46. The molecule has 0 bridgehead atoms. The summed E-state index contributed by atoms with van der Waals surface area (Å²) < 4.78 is 11.3. The molecule has 5 nitrogen and oxygen atoms in total. The van der Waals surface area contributed by atoms with Crippen LogP contribution in [-0.4, -0.2) is 48.8 Å². The fourth-order valence-electron chi connectivity index (χ4n) is 2.46. The largest absolute Gasteiger partial charge is 0.493 e. The van der Waals surface area contributed by atoms with Crippen molar-refractivity contribution in [2.75, 3.05) is 26.7 Å². The molecule has 1 aromatic rings. The highest BCUT2D eigenvalue weighted by Crippen LogP contribution is 2.28.